The SMILES string of the molecule is CN(C)S(=O)(=O)N1CCN(CC(=O)NC2CCCCCC2)CC1. The molecule has 8 heteroatoms. The highest BCUT2D eigenvalue weighted by Gasteiger charge is 2.29. The molecule has 0 aromatic heterocycles. The average molecular weight is 346 g/mol. The molecule has 1 amide bonds. The number of amides is 1. The molecular weight excluding hydrogens is 316 g/mol. The van der Waals surface area contributed by atoms with E-state index < -0.39 is 10.2 Å². The number of rotatable bonds is 5. The minimum Gasteiger partial charge on any atom is -0.352 e. The Labute approximate surface area is 140 Å². The molecule has 2 rings (SSSR count). The van der Waals surface area contributed by atoms with E-state index in [1.54, 1.807) is 14.1 Å². The van der Waals surface area contributed by atoms with Crippen LogP contribution in [0.5, 0.6) is 0 Å². The lowest BCUT2D eigenvalue weighted by Gasteiger charge is -2.34. The molecule has 0 spiro atoms. The van der Waals surface area contributed by atoms with Crippen molar-refractivity contribution in [3.05, 3.63) is 0 Å². The molecule has 1 heterocycles. The minimum absolute atomic E-state index is 0.0702. The van der Waals surface area contributed by atoms with Crippen LogP contribution in [0.15, 0.2) is 0 Å². The molecule has 1 saturated carbocycles. The van der Waals surface area contributed by atoms with E-state index in [9.17, 15) is 13.2 Å². The van der Waals surface area contributed by atoms with Gasteiger partial charge in [0, 0.05) is 46.3 Å². The van der Waals surface area contributed by atoms with E-state index in [2.05, 4.69) is 5.32 Å². The number of hydrogen-bond acceptors (Lipinski definition) is 4. The first-order chi connectivity index (χ1) is 10.9. The molecule has 1 aliphatic heterocycles. The van der Waals surface area contributed by atoms with Crippen LogP contribution in [0.4, 0.5) is 0 Å². The summed E-state index contributed by atoms with van der Waals surface area (Å²) < 4.78 is 26.8. The molecular formula is C15H30N4O3S. The van der Waals surface area contributed by atoms with Crippen LogP contribution >= 0.6 is 0 Å². The Morgan fingerprint density at radius 2 is 1.61 bits per heavy atom. The van der Waals surface area contributed by atoms with E-state index in [1.165, 1.54) is 34.3 Å². The third kappa shape index (κ3) is 5.41. The number of hydrogen-bond donors (Lipinski definition) is 1. The standard InChI is InChI=1S/C15H30N4O3S/c1-17(2)23(21,22)19-11-9-18(10-12-19)13-15(20)16-14-7-5-3-4-6-8-14/h14H,3-13H2,1-2H3,(H,16,20). The van der Waals surface area contributed by atoms with Crippen molar-refractivity contribution in [2.45, 2.75) is 44.6 Å². The van der Waals surface area contributed by atoms with Gasteiger partial charge in [-0.3, -0.25) is 9.69 Å². The molecule has 2 aliphatic rings. The molecule has 0 atom stereocenters. The Bertz CT molecular complexity index is 479. The molecule has 1 saturated heterocycles. The van der Waals surface area contributed by atoms with Gasteiger partial charge in [0.1, 0.15) is 0 Å². The van der Waals surface area contributed by atoms with Crippen molar-refractivity contribution in [1.82, 2.24) is 18.8 Å². The minimum atomic E-state index is -3.34. The summed E-state index contributed by atoms with van der Waals surface area (Å²) in [6, 6.07) is 0.320. The summed E-state index contributed by atoms with van der Waals surface area (Å²) in [5.74, 6) is 0.0702. The first kappa shape index (κ1) is 18.6. The summed E-state index contributed by atoms with van der Waals surface area (Å²) >= 11 is 0. The van der Waals surface area contributed by atoms with Gasteiger partial charge in [0.05, 0.1) is 6.54 Å². The van der Waals surface area contributed by atoms with Gasteiger partial charge in [0.15, 0.2) is 0 Å². The smallest absolute Gasteiger partial charge is 0.281 e. The van der Waals surface area contributed by atoms with E-state index in [0.717, 1.165) is 12.8 Å². The van der Waals surface area contributed by atoms with Crippen LogP contribution in [0.3, 0.4) is 0 Å². The van der Waals surface area contributed by atoms with Crippen LogP contribution in [0.25, 0.3) is 0 Å². The van der Waals surface area contributed by atoms with Gasteiger partial charge in [-0.15, -0.1) is 0 Å². The van der Waals surface area contributed by atoms with Gasteiger partial charge in [0.2, 0.25) is 5.91 Å². The lowest BCUT2D eigenvalue weighted by Crippen LogP contribution is -2.53. The van der Waals surface area contributed by atoms with Crippen LogP contribution in [0.1, 0.15) is 38.5 Å². The highest BCUT2D eigenvalue weighted by atomic mass is 32.2. The van der Waals surface area contributed by atoms with Crippen molar-refractivity contribution in [3.8, 4) is 0 Å². The normalized spacial score (nSPS) is 22.9. The molecule has 2 fully saturated rings. The van der Waals surface area contributed by atoms with E-state index in [4.69, 9.17) is 0 Å². The highest BCUT2D eigenvalue weighted by Crippen LogP contribution is 2.17. The summed E-state index contributed by atoms with van der Waals surface area (Å²) in [5, 5.41) is 3.15. The second-order valence-corrected chi connectivity index (χ2v) is 8.86. The Morgan fingerprint density at radius 3 is 2.13 bits per heavy atom. The number of nitrogens with one attached hydrogen (secondary N) is 1. The van der Waals surface area contributed by atoms with Crippen molar-refractivity contribution in [1.29, 1.82) is 0 Å². The first-order valence-corrected chi connectivity index (χ1v) is 9.98. The number of piperazine rings is 1. The predicted octanol–water partition coefficient (Wildman–Crippen LogP) is 0.249. The van der Waals surface area contributed by atoms with Crippen LogP contribution < -0.4 is 5.32 Å². The maximum Gasteiger partial charge on any atom is 0.281 e. The second kappa shape index (κ2) is 8.41. The maximum absolute atomic E-state index is 12.2. The third-order valence-electron chi connectivity index (χ3n) is 4.71. The zero-order valence-corrected chi connectivity index (χ0v) is 15.1. The van der Waals surface area contributed by atoms with Gasteiger partial charge in [-0.2, -0.15) is 17.0 Å². The zero-order chi connectivity index (χ0) is 16.9. The molecule has 1 N–H and O–H groups in total. The molecule has 1 aliphatic carbocycles. The first-order valence-electron chi connectivity index (χ1n) is 8.59. The number of carbonyl (C=O) groups is 1. The van der Waals surface area contributed by atoms with Crippen molar-refractivity contribution in [3.63, 3.8) is 0 Å². The molecule has 23 heavy (non-hydrogen) atoms. The summed E-state index contributed by atoms with van der Waals surface area (Å²) in [6.45, 7) is 2.46. The molecule has 0 aromatic rings. The van der Waals surface area contributed by atoms with E-state index in [0.29, 0.717) is 38.8 Å². The Kier molecular flexibility index (Phi) is 6.82. The van der Waals surface area contributed by atoms with E-state index in [-0.39, 0.29) is 5.91 Å². The number of carbonyl (C=O) groups excluding carboxylic acids is 1. The van der Waals surface area contributed by atoms with Crippen LogP contribution in [0.2, 0.25) is 0 Å². The summed E-state index contributed by atoms with van der Waals surface area (Å²) in [5.41, 5.74) is 0. The fraction of sp³-hybridized carbons (Fsp3) is 0.933. The fourth-order valence-electron chi connectivity index (χ4n) is 3.25. The van der Waals surface area contributed by atoms with Crippen LogP contribution in [0, 0.1) is 0 Å². The molecule has 0 aromatic carbocycles. The largest absolute Gasteiger partial charge is 0.352 e. The maximum atomic E-state index is 12.2. The Balaban J connectivity index is 1.74. The van der Waals surface area contributed by atoms with Crippen LogP contribution in [-0.4, -0.2) is 80.7 Å². The second-order valence-electron chi connectivity index (χ2n) is 6.72. The van der Waals surface area contributed by atoms with E-state index in [1.807, 2.05) is 4.90 Å². The topological polar surface area (TPSA) is 73.0 Å². The zero-order valence-electron chi connectivity index (χ0n) is 14.3. The van der Waals surface area contributed by atoms with Gasteiger partial charge in [-0.1, -0.05) is 25.7 Å². The monoisotopic (exact) mass is 346 g/mol. The van der Waals surface area contributed by atoms with Crippen LogP contribution in [-0.2, 0) is 15.0 Å². The highest BCUT2D eigenvalue weighted by molar-refractivity contribution is 7.86. The Hall–Kier alpha value is -0.700. The molecule has 0 unspecified atom stereocenters. The van der Waals surface area contributed by atoms with Gasteiger partial charge in [-0.25, -0.2) is 0 Å². The average Bonchev–Trinajstić information content (AvgIpc) is 2.76. The molecule has 7 nitrogen and oxygen atoms in total. The van der Waals surface area contributed by atoms with Crippen molar-refractivity contribution in [2.75, 3.05) is 46.8 Å². The number of nitrogens with zero attached hydrogens (tertiary/aromatic N) is 3. The summed E-state index contributed by atoms with van der Waals surface area (Å²) in [7, 11) is -0.252. The van der Waals surface area contributed by atoms with Gasteiger partial charge < -0.3 is 5.32 Å². The summed E-state index contributed by atoms with van der Waals surface area (Å²) in [4.78, 5) is 14.2. The summed E-state index contributed by atoms with van der Waals surface area (Å²) in [6.07, 6.45) is 7.11. The lowest BCUT2D eigenvalue weighted by molar-refractivity contribution is -0.123. The molecule has 0 radical (unpaired) electrons. The Morgan fingerprint density at radius 1 is 1.04 bits per heavy atom. The fourth-order valence-corrected chi connectivity index (χ4v) is 4.34. The quantitative estimate of drug-likeness (QED) is 0.724. The lowest BCUT2D eigenvalue weighted by atomic mass is 10.1. The van der Waals surface area contributed by atoms with E-state index >= 15 is 0 Å². The van der Waals surface area contributed by atoms with Gasteiger partial charge in [0.25, 0.3) is 10.2 Å². The third-order valence-corrected chi connectivity index (χ3v) is 6.65. The van der Waals surface area contributed by atoms with Gasteiger partial charge >= 0.3 is 0 Å². The van der Waals surface area contributed by atoms with Crippen molar-refractivity contribution >= 4 is 16.1 Å². The van der Waals surface area contributed by atoms with Crippen molar-refractivity contribution < 1.29 is 13.2 Å². The predicted molar refractivity (Wildman–Crippen MR) is 90.3 cm³/mol. The molecule has 0 bridgehead atoms. The molecule has 134 valence electrons. The van der Waals surface area contributed by atoms with Gasteiger partial charge in [-0.05, 0) is 12.8 Å². The van der Waals surface area contributed by atoms with Crippen molar-refractivity contribution in [2.24, 2.45) is 0 Å².